The average molecular weight is 230 g/mol. The molecule has 2 amide bonds. The quantitative estimate of drug-likeness (QED) is 0.699. The summed E-state index contributed by atoms with van der Waals surface area (Å²) >= 11 is 0. The van der Waals surface area contributed by atoms with E-state index in [1.54, 1.807) is 4.90 Å². The molecule has 0 fully saturated rings. The van der Waals surface area contributed by atoms with Gasteiger partial charge in [-0.25, -0.2) is 4.79 Å². The number of carboxylic acid groups (broad SMARTS) is 1. The Kier molecular flexibility index (Phi) is 7.33. The standard InChI is InChI=1S/C11H22N2O3/c1-4-9(5-2)13(6-3)11(16)12-8-7-10(14)15/h9H,4-8H2,1-3H3,(H,12,16)(H,14,15). The van der Waals surface area contributed by atoms with Crippen molar-refractivity contribution in [1.29, 1.82) is 0 Å². The summed E-state index contributed by atoms with van der Waals surface area (Å²) in [7, 11) is 0. The molecule has 0 heterocycles. The predicted molar refractivity (Wildman–Crippen MR) is 62.4 cm³/mol. The topological polar surface area (TPSA) is 69.6 Å². The molecule has 0 aliphatic rings. The summed E-state index contributed by atoms with van der Waals surface area (Å²) in [5, 5.41) is 11.1. The highest BCUT2D eigenvalue weighted by Crippen LogP contribution is 2.08. The highest BCUT2D eigenvalue weighted by Gasteiger charge is 2.18. The summed E-state index contributed by atoms with van der Waals surface area (Å²) in [5.41, 5.74) is 0. The minimum absolute atomic E-state index is 0.0355. The third-order valence-corrected chi connectivity index (χ3v) is 2.60. The number of carbonyl (C=O) groups is 2. The summed E-state index contributed by atoms with van der Waals surface area (Å²) < 4.78 is 0. The van der Waals surface area contributed by atoms with Crippen molar-refractivity contribution in [3.63, 3.8) is 0 Å². The number of aliphatic carboxylic acids is 1. The van der Waals surface area contributed by atoms with E-state index < -0.39 is 5.97 Å². The lowest BCUT2D eigenvalue weighted by molar-refractivity contribution is -0.136. The Bertz CT molecular complexity index is 227. The van der Waals surface area contributed by atoms with Crippen molar-refractivity contribution in [3.8, 4) is 0 Å². The smallest absolute Gasteiger partial charge is 0.317 e. The van der Waals surface area contributed by atoms with Crippen LogP contribution in [0.2, 0.25) is 0 Å². The van der Waals surface area contributed by atoms with Crippen LogP contribution in [0.5, 0.6) is 0 Å². The molecule has 0 aromatic rings. The number of carboxylic acids is 1. The lowest BCUT2D eigenvalue weighted by atomic mass is 10.1. The van der Waals surface area contributed by atoms with Crippen LogP contribution in [0, 0.1) is 0 Å². The van der Waals surface area contributed by atoms with E-state index in [0.29, 0.717) is 6.54 Å². The van der Waals surface area contributed by atoms with E-state index in [-0.39, 0.29) is 25.0 Å². The average Bonchev–Trinajstić information content (AvgIpc) is 2.24. The van der Waals surface area contributed by atoms with Crippen molar-refractivity contribution in [3.05, 3.63) is 0 Å². The first-order valence-electron chi connectivity index (χ1n) is 5.82. The van der Waals surface area contributed by atoms with Gasteiger partial charge in [0.2, 0.25) is 0 Å². The van der Waals surface area contributed by atoms with E-state index in [0.717, 1.165) is 12.8 Å². The van der Waals surface area contributed by atoms with Gasteiger partial charge in [0.25, 0.3) is 0 Å². The fraction of sp³-hybridized carbons (Fsp3) is 0.818. The van der Waals surface area contributed by atoms with E-state index in [4.69, 9.17) is 5.11 Å². The molecule has 0 spiro atoms. The second-order valence-electron chi connectivity index (χ2n) is 3.63. The van der Waals surface area contributed by atoms with Gasteiger partial charge in [-0.05, 0) is 19.8 Å². The van der Waals surface area contributed by atoms with Crippen LogP contribution in [-0.2, 0) is 4.79 Å². The molecule has 16 heavy (non-hydrogen) atoms. The molecular weight excluding hydrogens is 208 g/mol. The number of hydrogen-bond donors (Lipinski definition) is 2. The van der Waals surface area contributed by atoms with E-state index in [2.05, 4.69) is 5.32 Å². The molecule has 0 saturated carbocycles. The van der Waals surface area contributed by atoms with Gasteiger partial charge < -0.3 is 15.3 Å². The van der Waals surface area contributed by atoms with E-state index >= 15 is 0 Å². The third kappa shape index (κ3) is 5.00. The number of rotatable bonds is 7. The normalized spacial score (nSPS) is 10.2. The first-order valence-corrected chi connectivity index (χ1v) is 5.82. The minimum Gasteiger partial charge on any atom is -0.481 e. The van der Waals surface area contributed by atoms with Crippen LogP contribution in [0.25, 0.3) is 0 Å². The molecule has 94 valence electrons. The lowest BCUT2D eigenvalue weighted by Crippen LogP contribution is -2.46. The zero-order valence-corrected chi connectivity index (χ0v) is 10.3. The highest BCUT2D eigenvalue weighted by molar-refractivity contribution is 5.75. The molecule has 0 aliphatic carbocycles. The number of amides is 2. The number of nitrogens with one attached hydrogen (secondary N) is 1. The monoisotopic (exact) mass is 230 g/mol. The molecule has 5 nitrogen and oxygen atoms in total. The zero-order valence-electron chi connectivity index (χ0n) is 10.3. The van der Waals surface area contributed by atoms with Gasteiger partial charge in [-0.3, -0.25) is 4.79 Å². The molecule has 0 aromatic carbocycles. The van der Waals surface area contributed by atoms with Crippen LogP contribution in [0.3, 0.4) is 0 Å². The van der Waals surface area contributed by atoms with Crippen LogP contribution in [0.1, 0.15) is 40.0 Å². The minimum atomic E-state index is -0.897. The summed E-state index contributed by atoms with van der Waals surface area (Å²) in [4.78, 5) is 23.8. The Labute approximate surface area is 96.8 Å². The summed E-state index contributed by atoms with van der Waals surface area (Å²) in [6.45, 7) is 6.84. The fourth-order valence-electron chi connectivity index (χ4n) is 1.67. The fourth-order valence-corrected chi connectivity index (χ4v) is 1.67. The molecule has 0 aromatic heterocycles. The Morgan fingerprint density at radius 1 is 1.25 bits per heavy atom. The summed E-state index contributed by atoms with van der Waals surface area (Å²) in [6, 6.07) is 0.0623. The number of nitrogens with zero attached hydrogens (tertiary/aromatic N) is 1. The van der Waals surface area contributed by atoms with Gasteiger partial charge in [-0.15, -0.1) is 0 Å². The Morgan fingerprint density at radius 2 is 1.81 bits per heavy atom. The van der Waals surface area contributed by atoms with Gasteiger partial charge in [-0.1, -0.05) is 13.8 Å². The second-order valence-corrected chi connectivity index (χ2v) is 3.63. The molecule has 0 bridgehead atoms. The molecule has 0 atom stereocenters. The number of hydrogen-bond acceptors (Lipinski definition) is 2. The Morgan fingerprint density at radius 3 is 2.19 bits per heavy atom. The molecule has 0 aliphatic heterocycles. The van der Waals surface area contributed by atoms with Crippen molar-refractivity contribution < 1.29 is 14.7 Å². The second kappa shape index (κ2) is 7.96. The first-order chi connectivity index (χ1) is 7.56. The van der Waals surface area contributed by atoms with Gasteiger partial charge in [0.15, 0.2) is 0 Å². The van der Waals surface area contributed by atoms with Crippen LogP contribution in [-0.4, -0.2) is 41.1 Å². The van der Waals surface area contributed by atoms with E-state index in [1.165, 1.54) is 0 Å². The van der Waals surface area contributed by atoms with Crippen molar-refractivity contribution >= 4 is 12.0 Å². The van der Waals surface area contributed by atoms with Crippen LogP contribution < -0.4 is 5.32 Å². The maximum absolute atomic E-state index is 11.7. The molecule has 0 rings (SSSR count). The summed E-state index contributed by atoms with van der Waals surface area (Å²) in [6.07, 6.45) is 1.79. The van der Waals surface area contributed by atoms with Gasteiger partial charge in [-0.2, -0.15) is 0 Å². The SMILES string of the molecule is CCC(CC)N(CC)C(=O)NCCC(=O)O. The summed E-state index contributed by atoms with van der Waals surface area (Å²) in [5.74, 6) is -0.897. The van der Waals surface area contributed by atoms with E-state index in [1.807, 2.05) is 20.8 Å². The molecule has 5 heteroatoms. The van der Waals surface area contributed by atoms with Gasteiger partial charge in [0, 0.05) is 19.1 Å². The number of urea groups is 1. The maximum Gasteiger partial charge on any atom is 0.317 e. The van der Waals surface area contributed by atoms with Gasteiger partial charge in [0.05, 0.1) is 6.42 Å². The highest BCUT2D eigenvalue weighted by atomic mass is 16.4. The third-order valence-electron chi connectivity index (χ3n) is 2.60. The molecular formula is C11H22N2O3. The Balaban J connectivity index is 4.14. The van der Waals surface area contributed by atoms with Crippen molar-refractivity contribution in [2.45, 2.75) is 46.1 Å². The van der Waals surface area contributed by atoms with Crippen LogP contribution in [0.15, 0.2) is 0 Å². The van der Waals surface area contributed by atoms with Crippen LogP contribution in [0.4, 0.5) is 4.79 Å². The van der Waals surface area contributed by atoms with Crippen molar-refractivity contribution in [1.82, 2.24) is 10.2 Å². The maximum atomic E-state index is 11.7. The molecule has 2 N–H and O–H groups in total. The zero-order chi connectivity index (χ0) is 12.6. The van der Waals surface area contributed by atoms with Gasteiger partial charge >= 0.3 is 12.0 Å². The van der Waals surface area contributed by atoms with Crippen LogP contribution >= 0.6 is 0 Å². The molecule has 0 unspecified atom stereocenters. The predicted octanol–water partition coefficient (Wildman–Crippen LogP) is 1.68. The Hall–Kier alpha value is -1.26. The first kappa shape index (κ1) is 14.7. The van der Waals surface area contributed by atoms with Crippen molar-refractivity contribution in [2.75, 3.05) is 13.1 Å². The molecule has 0 saturated heterocycles. The van der Waals surface area contributed by atoms with Crippen molar-refractivity contribution in [2.24, 2.45) is 0 Å². The number of carbonyl (C=O) groups excluding carboxylic acids is 1. The lowest BCUT2D eigenvalue weighted by Gasteiger charge is -2.29. The largest absolute Gasteiger partial charge is 0.481 e. The van der Waals surface area contributed by atoms with Gasteiger partial charge in [0.1, 0.15) is 0 Å². The van der Waals surface area contributed by atoms with E-state index in [9.17, 15) is 9.59 Å². The molecule has 0 radical (unpaired) electrons.